The minimum atomic E-state index is -4.67. The van der Waals surface area contributed by atoms with E-state index in [-0.39, 0.29) is 10.9 Å². The van der Waals surface area contributed by atoms with Crippen LogP contribution in [-0.2, 0) is 6.54 Å². The first-order chi connectivity index (χ1) is 7.37. The van der Waals surface area contributed by atoms with Crippen molar-refractivity contribution in [3.05, 3.63) is 29.8 Å². The summed E-state index contributed by atoms with van der Waals surface area (Å²) in [7, 11) is 0. The van der Waals surface area contributed by atoms with E-state index in [0.717, 1.165) is 5.56 Å². The van der Waals surface area contributed by atoms with E-state index in [1.54, 1.807) is 0 Å². The molecule has 0 saturated carbocycles. The maximum Gasteiger partial charge on any atom is 0.573 e. The Morgan fingerprint density at radius 2 is 1.88 bits per heavy atom. The summed E-state index contributed by atoms with van der Waals surface area (Å²) in [4.78, 5) is 0. The largest absolute Gasteiger partial charge is 0.573 e. The lowest BCUT2D eigenvalue weighted by molar-refractivity contribution is -0.274. The molecule has 7 heteroatoms. The van der Waals surface area contributed by atoms with Crippen LogP contribution in [0.25, 0.3) is 0 Å². The number of rotatable bonds is 3. The highest BCUT2D eigenvalue weighted by molar-refractivity contribution is 7.80. The Morgan fingerprint density at radius 1 is 1.31 bits per heavy atom. The summed E-state index contributed by atoms with van der Waals surface area (Å²) in [5.74, 6) is -0.258. The molecule has 0 bridgehead atoms. The van der Waals surface area contributed by atoms with Crippen LogP contribution < -0.4 is 15.8 Å². The van der Waals surface area contributed by atoms with Gasteiger partial charge in [-0.1, -0.05) is 12.1 Å². The molecule has 0 aliphatic heterocycles. The van der Waals surface area contributed by atoms with Crippen molar-refractivity contribution in [1.29, 1.82) is 0 Å². The van der Waals surface area contributed by atoms with Gasteiger partial charge in [-0.05, 0) is 29.9 Å². The maximum atomic E-state index is 11.8. The molecule has 1 rings (SSSR count). The Balaban J connectivity index is 2.57. The molecule has 0 unspecified atom stereocenters. The number of nitrogens with one attached hydrogen (secondary N) is 1. The van der Waals surface area contributed by atoms with Crippen molar-refractivity contribution in [1.82, 2.24) is 5.32 Å². The third-order valence-electron chi connectivity index (χ3n) is 1.62. The van der Waals surface area contributed by atoms with Crippen molar-refractivity contribution in [2.45, 2.75) is 12.9 Å². The Hall–Kier alpha value is -1.50. The minimum absolute atomic E-state index is 0.135. The van der Waals surface area contributed by atoms with Crippen LogP contribution in [-0.4, -0.2) is 11.5 Å². The fraction of sp³-hybridized carbons (Fsp3) is 0.222. The van der Waals surface area contributed by atoms with Gasteiger partial charge in [-0.2, -0.15) is 0 Å². The van der Waals surface area contributed by atoms with Crippen LogP contribution in [0.5, 0.6) is 5.75 Å². The molecule has 1 aromatic rings. The second-order valence-corrected chi connectivity index (χ2v) is 3.35. The topological polar surface area (TPSA) is 47.3 Å². The number of halogens is 3. The third-order valence-corrected chi connectivity index (χ3v) is 1.77. The number of alkyl halides is 3. The predicted molar refractivity (Wildman–Crippen MR) is 56.8 cm³/mol. The molecule has 0 heterocycles. The first-order valence-electron chi connectivity index (χ1n) is 4.25. The van der Waals surface area contributed by atoms with Gasteiger partial charge < -0.3 is 15.8 Å². The molecule has 88 valence electrons. The van der Waals surface area contributed by atoms with Crippen LogP contribution in [0.1, 0.15) is 5.56 Å². The average molecular weight is 250 g/mol. The first-order valence-corrected chi connectivity index (χ1v) is 4.65. The number of hydrogen-bond acceptors (Lipinski definition) is 2. The van der Waals surface area contributed by atoms with Gasteiger partial charge in [0.15, 0.2) is 5.11 Å². The van der Waals surface area contributed by atoms with E-state index in [0.29, 0.717) is 6.54 Å². The highest BCUT2D eigenvalue weighted by Gasteiger charge is 2.30. The molecular weight excluding hydrogens is 241 g/mol. The normalized spacial score (nSPS) is 10.9. The molecule has 0 aliphatic rings. The van der Waals surface area contributed by atoms with Gasteiger partial charge in [0.25, 0.3) is 0 Å². The fourth-order valence-electron chi connectivity index (χ4n) is 0.998. The molecule has 0 atom stereocenters. The van der Waals surface area contributed by atoms with Gasteiger partial charge >= 0.3 is 6.36 Å². The second kappa shape index (κ2) is 5.02. The average Bonchev–Trinajstić information content (AvgIpc) is 2.14. The van der Waals surface area contributed by atoms with Gasteiger partial charge in [0.05, 0.1) is 0 Å². The van der Waals surface area contributed by atoms with Gasteiger partial charge in [-0.25, -0.2) is 0 Å². The van der Waals surface area contributed by atoms with Crippen LogP contribution in [0.2, 0.25) is 0 Å². The number of ether oxygens (including phenoxy) is 1. The summed E-state index contributed by atoms with van der Waals surface area (Å²) >= 11 is 4.59. The predicted octanol–water partition coefficient (Wildman–Crippen LogP) is 1.92. The van der Waals surface area contributed by atoms with Gasteiger partial charge in [0.2, 0.25) is 0 Å². The number of nitrogens with two attached hydrogens (primary N) is 1. The lowest BCUT2D eigenvalue weighted by Crippen LogP contribution is -2.28. The van der Waals surface area contributed by atoms with Crippen molar-refractivity contribution < 1.29 is 17.9 Å². The highest BCUT2D eigenvalue weighted by Crippen LogP contribution is 2.22. The maximum absolute atomic E-state index is 11.8. The molecule has 3 N–H and O–H groups in total. The number of thiocarbonyl (C=S) groups is 1. The van der Waals surface area contributed by atoms with Crippen LogP contribution in [0.3, 0.4) is 0 Å². The van der Waals surface area contributed by atoms with E-state index in [9.17, 15) is 13.2 Å². The Labute approximate surface area is 95.4 Å². The van der Waals surface area contributed by atoms with E-state index >= 15 is 0 Å². The highest BCUT2D eigenvalue weighted by atomic mass is 32.1. The molecule has 0 spiro atoms. The molecule has 16 heavy (non-hydrogen) atoms. The third kappa shape index (κ3) is 4.83. The first kappa shape index (κ1) is 12.6. The second-order valence-electron chi connectivity index (χ2n) is 2.91. The quantitative estimate of drug-likeness (QED) is 0.805. The van der Waals surface area contributed by atoms with Crippen molar-refractivity contribution >= 4 is 17.3 Å². The Bertz CT molecular complexity index is 364. The SMILES string of the molecule is NC(=S)NCc1ccc(OC(F)(F)F)cc1. The van der Waals surface area contributed by atoms with Crippen LogP contribution >= 0.6 is 12.2 Å². The van der Waals surface area contributed by atoms with E-state index in [1.165, 1.54) is 24.3 Å². The summed E-state index contributed by atoms with van der Waals surface area (Å²) in [6.07, 6.45) is -4.67. The summed E-state index contributed by atoms with van der Waals surface area (Å²) in [6.45, 7) is 0.363. The zero-order valence-corrected chi connectivity index (χ0v) is 8.86. The number of benzene rings is 1. The summed E-state index contributed by atoms with van der Waals surface area (Å²) in [5.41, 5.74) is 5.95. The molecule has 0 aliphatic carbocycles. The van der Waals surface area contributed by atoms with Gasteiger partial charge in [-0.3, -0.25) is 0 Å². The zero-order chi connectivity index (χ0) is 12.2. The van der Waals surface area contributed by atoms with E-state index in [1.807, 2.05) is 0 Å². The molecule has 0 radical (unpaired) electrons. The molecular formula is C9H9F3N2OS. The van der Waals surface area contributed by atoms with Crippen LogP contribution in [0, 0.1) is 0 Å². The fourth-order valence-corrected chi connectivity index (χ4v) is 1.07. The van der Waals surface area contributed by atoms with E-state index in [2.05, 4.69) is 22.3 Å². The summed E-state index contributed by atoms with van der Waals surface area (Å²) < 4.78 is 39.2. The van der Waals surface area contributed by atoms with Crippen molar-refractivity contribution in [3.63, 3.8) is 0 Å². The lowest BCUT2D eigenvalue weighted by atomic mass is 10.2. The molecule has 0 saturated heterocycles. The van der Waals surface area contributed by atoms with Crippen molar-refractivity contribution in [2.75, 3.05) is 0 Å². The van der Waals surface area contributed by atoms with E-state index < -0.39 is 6.36 Å². The standard InChI is InChI=1S/C9H9F3N2OS/c10-9(11,12)15-7-3-1-6(2-4-7)5-14-8(13)16/h1-4H,5H2,(H3,13,14,16). The summed E-state index contributed by atoms with van der Waals surface area (Å²) in [6, 6.07) is 5.44. The Kier molecular flexibility index (Phi) is 3.94. The van der Waals surface area contributed by atoms with Crippen LogP contribution in [0.15, 0.2) is 24.3 Å². The molecule has 0 fully saturated rings. The molecule has 0 amide bonds. The zero-order valence-electron chi connectivity index (χ0n) is 8.04. The van der Waals surface area contributed by atoms with Crippen LogP contribution in [0.4, 0.5) is 13.2 Å². The van der Waals surface area contributed by atoms with Gasteiger partial charge in [-0.15, -0.1) is 13.2 Å². The van der Waals surface area contributed by atoms with Crippen molar-refractivity contribution in [2.24, 2.45) is 5.73 Å². The molecule has 0 aromatic heterocycles. The summed E-state index contributed by atoms with van der Waals surface area (Å²) in [5, 5.41) is 2.81. The minimum Gasteiger partial charge on any atom is -0.406 e. The smallest absolute Gasteiger partial charge is 0.406 e. The Morgan fingerprint density at radius 3 is 2.31 bits per heavy atom. The van der Waals surface area contributed by atoms with Gasteiger partial charge in [0.1, 0.15) is 5.75 Å². The van der Waals surface area contributed by atoms with Gasteiger partial charge in [0, 0.05) is 6.54 Å². The number of hydrogen-bond donors (Lipinski definition) is 2. The van der Waals surface area contributed by atoms with Crippen molar-refractivity contribution in [3.8, 4) is 5.75 Å². The molecule has 1 aromatic carbocycles. The lowest BCUT2D eigenvalue weighted by Gasteiger charge is -2.09. The monoisotopic (exact) mass is 250 g/mol. The molecule has 3 nitrogen and oxygen atoms in total. The van der Waals surface area contributed by atoms with E-state index in [4.69, 9.17) is 5.73 Å².